The van der Waals surface area contributed by atoms with Gasteiger partial charge in [0.15, 0.2) is 6.10 Å². The fourth-order valence-corrected chi connectivity index (χ4v) is 1.75. The first-order valence-electron chi connectivity index (χ1n) is 6.61. The number of aryl methyl sites for hydroxylation is 1. The quantitative estimate of drug-likeness (QED) is 0.804. The Hall–Kier alpha value is -1.55. The molecule has 0 aliphatic heterocycles. The molecule has 4 nitrogen and oxygen atoms in total. The van der Waals surface area contributed by atoms with Gasteiger partial charge in [-0.05, 0) is 50.5 Å². The molecule has 1 rings (SSSR count). The summed E-state index contributed by atoms with van der Waals surface area (Å²) in [5.41, 5.74) is 1.72. The summed E-state index contributed by atoms with van der Waals surface area (Å²) < 4.78 is 10.7. The first-order chi connectivity index (χ1) is 8.99. The van der Waals surface area contributed by atoms with Crippen molar-refractivity contribution in [2.45, 2.75) is 46.3 Å². The molecule has 1 aromatic carbocycles. The summed E-state index contributed by atoms with van der Waals surface area (Å²) in [4.78, 5) is 11.7. The number of aliphatic hydroxyl groups excluding tert-OH is 1. The monoisotopic (exact) mass is 266 g/mol. The average Bonchev–Trinajstić information content (AvgIpc) is 2.37. The van der Waals surface area contributed by atoms with Gasteiger partial charge in [-0.25, -0.2) is 4.79 Å². The Morgan fingerprint density at radius 2 is 2.05 bits per heavy atom. The molecular formula is C15H22O4. The van der Waals surface area contributed by atoms with Gasteiger partial charge >= 0.3 is 5.97 Å². The molecule has 1 N–H and O–H groups in total. The van der Waals surface area contributed by atoms with Crippen LogP contribution in [-0.4, -0.2) is 23.8 Å². The van der Waals surface area contributed by atoms with Crippen molar-refractivity contribution in [2.24, 2.45) is 0 Å². The van der Waals surface area contributed by atoms with Gasteiger partial charge in [0.1, 0.15) is 5.75 Å². The summed E-state index contributed by atoms with van der Waals surface area (Å²) in [7, 11) is 0. The minimum absolute atomic E-state index is 0.344. The normalized spacial score (nSPS) is 13.7. The molecule has 0 aromatic heterocycles. The molecule has 0 spiro atoms. The van der Waals surface area contributed by atoms with E-state index in [9.17, 15) is 9.90 Å². The highest BCUT2D eigenvalue weighted by Gasteiger charge is 2.20. The van der Waals surface area contributed by atoms with Crippen molar-refractivity contribution in [1.82, 2.24) is 0 Å². The lowest BCUT2D eigenvalue weighted by molar-refractivity contribution is -0.151. The highest BCUT2D eigenvalue weighted by atomic mass is 16.6. The van der Waals surface area contributed by atoms with Crippen LogP contribution in [0.15, 0.2) is 18.2 Å². The maximum Gasteiger partial charge on any atom is 0.347 e. The number of benzene rings is 1. The molecular weight excluding hydrogens is 244 g/mol. The zero-order chi connectivity index (χ0) is 14.4. The highest BCUT2D eigenvalue weighted by Crippen LogP contribution is 2.24. The van der Waals surface area contributed by atoms with Gasteiger partial charge < -0.3 is 14.6 Å². The Morgan fingerprint density at radius 3 is 2.53 bits per heavy atom. The molecule has 106 valence electrons. The largest absolute Gasteiger partial charge is 0.478 e. The summed E-state index contributed by atoms with van der Waals surface area (Å²) in [6.07, 6.45) is -0.549. The third-order valence-electron chi connectivity index (χ3n) is 2.87. The molecule has 4 heteroatoms. The molecule has 0 saturated carbocycles. The van der Waals surface area contributed by atoms with E-state index >= 15 is 0 Å². The van der Waals surface area contributed by atoms with Crippen molar-refractivity contribution >= 4 is 5.97 Å². The van der Waals surface area contributed by atoms with Crippen LogP contribution in [0.3, 0.4) is 0 Å². The van der Waals surface area contributed by atoms with Crippen molar-refractivity contribution in [3.63, 3.8) is 0 Å². The number of ether oxygens (including phenoxy) is 2. The second-order valence-electron chi connectivity index (χ2n) is 4.47. The molecule has 0 bridgehead atoms. The van der Waals surface area contributed by atoms with E-state index in [2.05, 4.69) is 0 Å². The third kappa shape index (κ3) is 4.24. The third-order valence-corrected chi connectivity index (χ3v) is 2.87. The molecule has 2 unspecified atom stereocenters. The maximum atomic E-state index is 11.7. The average molecular weight is 266 g/mol. The molecule has 0 radical (unpaired) electrons. The summed E-state index contributed by atoms with van der Waals surface area (Å²) in [6.45, 7) is 7.59. The zero-order valence-corrected chi connectivity index (χ0v) is 12.0. The molecule has 0 aliphatic carbocycles. The molecule has 0 fully saturated rings. The second-order valence-corrected chi connectivity index (χ2v) is 4.47. The predicted octanol–water partition coefficient (Wildman–Crippen LogP) is 2.77. The standard InChI is InChI=1S/C15H22O4/c1-5-13(15(17)18-6-2)19-14-8-7-12(11(4)16)9-10(14)3/h7-9,11,13,16H,5-6H2,1-4H3. The van der Waals surface area contributed by atoms with Crippen molar-refractivity contribution in [3.05, 3.63) is 29.3 Å². The maximum absolute atomic E-state index is 11.7. The smallest absolute Gasteiger partial charge is 0.347 e. The van der Waals surface area contributed by atoms with Gasteiger partial charge in [-0.15, -0.1) is 0 Å². The van der Waals surface area contributed by atoms with E-state index < -0.39 is 12.2 Å². The van der Waals surface area contributed by atoms with Gasteiger partial charge in [0.2, 0.25) is 0 Å². The van der Waals surface area contributed by atoms with E-state index in [0.29, 0.717) is 18.8 Å². The Labute approximate surface area is 114 Å². The van der Waals surface area contributed by atoms with Crippen molar-refractivity contribution in [2.75, 3.05) is 6.61 Å². The van der Waals surface area contributed by atoms with Crippen molar-refractivity contribution in [3.8, 4) is 5.75 Å². The lowest BCUT2D eigenvalue weighted by atomic mass is 10.1. The van der Waals surface area contributed by atoms with Crippen LogP contribution in [0.2, 0.25) is 0 Å². The first kappa shape index (κ1) is 15.5. The number of aliphatic hydroxyl groups is 1. The van der Waals surface area contributed by atoms with Gasteiger partial charge in [-0.3, -0.25) is 0 Å². The first-order valence-corrected chi connectivity index (χ1v) is 6.61. The Morgan fingerprint density at radius 1 is 1.37 bits per heavy atom. The molecule has 1 aromatic rings. The van der Waals surface area contributed by atoms with Crippen LogP contribution in [0.1, 0.15) is 44.4 Å². The molecule has 0 amide bonds. The zero-order valence-electron chi connectivity index (χ0n) is 12.0. The second kappa shape index (κ2) is 7.14. The molecule has 0 heterocycles. The van der Waals surface area contributed by atoms with Gasteiger partial charge in [0, 0.05) is 0 Å². The molecule has 0 aliphatic rings. The highest BCUT2D eigenvalue weighted by molar-refractivity contribution is 5.75. The number of carbonyl (C=O) groups is 1. The van der Waals surface area contributed by atoms with Gasteiger partial charge in [-0.1, -0.05) is 13.0 Å². The van der Waals surface area contributed by atoms with Gasteiger partial charge in [-0.2, -0.15) is 0 Å². The molecule has 19 heavy (non-hydrogen) atoms. The molecule has 2 atom stereocenters. The van der Waals surface area contributed by atoms with E-state index in [1.54, 1.807) is 26.0 Å². The fourth-order valence-electron chi connectivity index (χ4n) is 1.75. The molecule has 0 saturated heterocycles. The van der Waals surface area contributed by atoms with Crippen molar-refractivity contribution in [1.29, 1.82) is 0 Å². The Bertz CT molecular complexity index is 426. The summed E-state index contributed by atoms with van der Waals surface area (Å²) in [5.74, 6) is 0.299. The van der Waals surface area contributed by atoms with Crippen LogP contribution in [0, 0.1) is 6.92 Å². The summed E-state index contributed by atoms with van der Waals surface area (Å²) in [6, 6.07) is 5.43. The lowest BCUT2D eigenvalue weighted by Gasteiger charge is -2.18. The minimum atomic E-state index is -0.587. The Balaban J connectivity index is 2.83. The van der Waals surface area contributed by atoms with E-state index in [0.717, 1.165) is 11.1 Å². The number of hydrogen-bond donors (Lipinski definition) is 1. The van der Waals surface area contributed by atoms with Crippen LogP contribution in [0.4, 0.5) is 0 Å². The van der Waals surface area contributed by atoms with E-state index in [1.807, 2.05) is 19.9 Å². The van der Waals surface area contributed by atoms with Crippen LogP contribution >= 0.6 is 0 Å². The van der Waals surface area contributed by atoms with Crippen LogP contribution < -0.4 is 4.74 Å². The predicted molar refractivity (Wildman–Crippen MR) is 73.2 cm³/mol. The van der Waals surface area contributed by atoms with E-state index in [-0.39, 0.29) is 5.97 Å². The summed E-state index contributed by atoms with van der Waals surface area (Å²) >= 11 is 0. The fraction of sp³-hybridized carbons (Fsp3) is 0.533. The van der Waals surface area contributed by atoms with Crippen LogP contribution in [0.5, 0.6) is 5.75 Å². The number of hydrogen-bond acceptors (Lipinski definition) is 4. The minimum Gasteiger partial charge on any atom is -0.478 e. The Kier molecular flexibility index (Phi) is 5.83. The topological polar surface area (TPSA) is 55.8 Å². The van der Waals surface area contributed by atoms with Crippen molar-refractivity contribution < 1.29 is 19.4 Å². The van der Waals surface area contributed by atoms with Crippen LogP contribution in [0.25, 0.3) is 0 Å². The lowest BCUT2D eigenvalue weighted by Crippen LogP contribution is -2.28. The summed E-state index contributed by atoms with van der Waals surface area (Å²) in [5, 5.41) is 9.51. The van der Waals surface area contributed by atoms with Crippen LogP contribution in [-0.2, 0) is 9.53 Å². The van der Waals surface area contributed by atoms with Gasteiger partial charge in [0.05, 0.1) is 12.7 Å². The SMILES string of the molecule is CCOC(=O)C(CC)Oc1ccc(C(C)O)cc1C. The number of carbonyl (C=O) groups excluding carboxylic acids is 1. The van der Waals surface area contributed by atoms with Gasteiger partial charge in [0.25, 0.3) is 0 Å². The van der Waals surface area contributed by atoms with E-state index in [1.165, 1.54) is 0 Å². The number of rotatable bonds is 6. The van der Waals surface area contributed by atoms with E-state index in [4.69, 9.17) is 9.47 Å². The number of esters is 1.